The zero-order valence-electron chi connectivity index (χ0n) is 18.9. The Kier molecular flexibility index (Phi) is 10.2. The molecule has 2 heterocycles. The van der Waals surface area contributed by atoms with Crippen LogP contribution in [-0.2, 0) is 9.47 Å². The molecule has 0 unspecified atom stereocenters. The molecule has 4 N–H and O–H groups in total. The second-order valence-electron chi connectivity index (χ2n) is 9.52. The summed E-state index contributed by atoms with van der Waals surface area (Å²) in [6, 6.07) is -0.956. The van der Waals surface area contributed by atoms with E-state index in [2.05, 4.69) is 21.3 Å². The van der Waals surface area contributed by atoms with Crippen molar-refractivity contribution in [2.45, 2.75) is 90.0 Å². The molecule has 2 saturated heterocycles. The van der Waals surface area contributed by atoms with Crippen molar-refractivity contribution in [2.24, 2.45) is 0 Å². The number of hydrogen-bond donors (Lipinski definition) is 4. The van der Waals surface area contributed by atoms with E-state index in [1.54, 1.807) is 41.5 Å². The van der Waals surface area contributed by atoms with Crippen LogP contribution in [0.15, 0.2) is 0 Å². The molecule has 0 aromatic carbocycles. The van der Waals surface area contributed by atoms with Gasteiger partial charge in [0.25, 0.3) is 0 Å². The number of amides is 2. The standard InChI is InChI=1S/2C10H19FN2O2/c2*1-10(2,3)15-9(14)13-8-6-12-5-4-7(8)11/h2*7-8,12H,4-6H2,1-3H3,(H,13,14)/t2*7-,8-/m10/s1. The third-order valence-electron chi connectivity index (χ3n) is 4.20. The van der Waals surface area contributed by atoms with Crippen molar-refractivity contribution in [3.05, 3.63) is 0 Å². The maximum atomic E-state index is 13.3. The molecule has 176 valence electrons. The molecule has 8 nitrogen and oxygen atoms in total. The van der Waals surface area contributed by atoms with E-state index >= 15 is 0 Å². The van der Waals surface area contributed by atoms with Gasteiger partial charge in [0.15, 0.2) is 0 Å². The lowest BCUT2D eigenvalue weighted by atomic mass is 10.1. The number of alkyl halides is 2. The maximum absolute atomic E-state index is 13.3. The van der Waals surface area contributed by atoms with Crippen LogP contribution in [0.5, 0.6) is 0 Å². The van der Waals surface area contributed by atoms with Gasteiger partial charge in [-0.2, -0.15) is 0 Å². The molecule has 0 aromatic rings. The van der Waals surface area contributed by atoms with Crippen molar-refractivity contribution in [1.29, 1.82) is 0 Å². The molecule has 0 aliphatic carbocycles. The van der Waals surface area contributed by atoms with Crippen LogP contribution in [0.2, 0.25) is 0 Å². The number of carbonyl (C=O) groups excluding carboxylic acids is 2. The molecule has 0 bridgehead atoms. The van der Waals surface area contributed by atoms with Gasteiger partial charge in [0.05, 0.1) is 12.1 Å². The summed E-state index contributed by atoms with van der Waals surface area (Å²) in [6.07, 6.45) is -2.23. The van der Waals surface area contributed by atoms with Gasteiger partial charge in [-0.05, 0) is 67.5 Å². The van der Waals surface area contributed by atoms with E-state index in [1.165, 1.54) is 0 Å². The average molecular weight is 437 g/mol. The molecule has 10 heteroatoms. The summed E-state index contributed by atoms with van der Waals surface area (Å²) in [4.78, 5) is 22.7. The lowest BCUT2D eigenvalue weighted by Gasteiger charge is -2.28. The maximum Gasteiger partial charge on any atom is 0.408 e. The normalized spacial score (nSPS) is 27.2. The van der Waals surface area contributed by atoms with Crippen molar-refractivity contribution in [3.8, 4) is 0 Å². The van der Waals surface area contributed by atoms with E-state index in [-0.39, 0.29) is 0 Å². The van der Waals surface area contributed by atoms with E-state index in [1.807, 2.05) is 0 Å². The fourth-order valence-electron chi connectivity index (χ4n) is 2.85. The van der Waals surface area contributed by atoms with Crippen LogP contribution in [0, 0.1) is 0 Å². The van der Waals surface area contributed by atoms with E-state index in [4.69, 9.17) is 9.47 Å². The monoisotopic (exact) mass is 436 g/mol. The van der Waals surface area contributed by atoms with Crippen molar-refractivity contribution in [1.82, 2.24) is 21.3 Å². The summed E-state index contributed by atoms with van der Waals surface area (Å²) in [5.74, 6) is 0. The molecule has 30 heavy (non-hydrogen) atoms. The lowest BCUT2D eigenvalue weighted by Crippen LogP contribution is -2.53. The molecule has 2 aliphatic rings. The summed E-state index contributed by atoms with van der Waals surface area (Å²) in [7, 11) is 0. The van der Waals surface area contributed by atoms with Gasteiger partial charge in [-0.25, -0.2) is 18.4 Å². The van der Waals surface area contributed by atoms with E-state index in [0.717, 1.165) is 0 Å². The molecular formula is C20H38F2N4O4. The van der Waals surface area contributed by atoms with Gasteiger partial charge in [-0.3, -0.25) is 0 Å². The smallest absolute Gasteiger partial charge is 0.408 e. The van der Waals surface area contributed by atoms with Crippen LogP contribution in [0.4, 0.5) is 18.4 Å². The van der Waals surface area contributed by atoms with Crippen molar-refractivity contribution < 1.29 is 27.8 Å². The number of hydrogen-bond acceptors (Lipinski definition) is 6. The van der Waals surface area contributed by atoms with E-state index in [0.29, 0.717) is 39.0 Å². The Morgan fingerprint density at radius 1 is 0.767 bits per heavy atom. The summed E-state index contributed by atoms with van der Waals surface area (Å²) >= 11 is 0. The minimum absolute atomic E-state index is 0.431. The Balaban J connectivity index is 0.000000300. The van der Waals surface area contributed by atoms with Gasteiger partial charge in [-0.1, -0.05) is 0 Å². The van der Waals surface area contributed by atoms with Gasteiger partial charge >= 0.3 is 12.2 Å². The highest BCUT2D eigenvalue weighted by molar-refractivity contribution is 5.68. The summed E-state index contributed by atoms with van der Waals surface area (Å²) < 4.78 is 36.8. The number of piperidine rings is 2. The number of ether oxygens (including phenoxy) is 2. The highest BCUT2D eigenvalue weighted by Crippen LogP contribution is 2.12. The van der Waals surface area contributed by atoms with Crippen LogP contribution >= 0.6 is 0 Å². The highest BCUT2D eigenvalue weighted by atomic mass is 19.1. The quantitative estimate of drug-likeness (QED) is 0.531. The number of nitrogens with one attached hydrogen (secondary N) is 4. The predicted octanol–water partition coefficient (Wildman–Crippen LogP) is 2.42. The van der Waals surface area contributed by atoms with Crippen LogP contribution < -0.4 is 21.3 Å². The van der Waals surface area contributed by atoms with E-state index in [9.17, 15) is 18.4 Å². The highest BCUT2D eigenvalue weighted by Gasteiger charge is 2.28. The molecule has 0 saturated carbocycles. The van der Waals surface area contributed by atoms with Crippen LogP contribution in [0.1, 0.15) is 54.4 Å². The Morgan fingerprint density at radius 3 is 1.37 bits per heavy atom. The zero-order chi connectivity index (χ0) is 22.9. The Labute approximate surface area is 178 Å². The SMILES string of the molecule is CC(C)(C)OC(=O)N[C@@H]1CNCC[C@H]1F.CC(C)(C)OC(=O)N[C@H]1CNCC[C@@H]1F. The first kappa shape index (κ1) is 26.4. The summed E-state index contributed by atoms with van der Waals surface area (Å²) in [5, 5.41) is 11.1. The molecule has 0 spiro atoms. The Morgan fingerprint density at radius 2 is 1.10 bits per heavy atom. The van der Waals surface area contributed by atoms with Gasteiger partial charge in [0.2, 0.25) is 0 Å². The van der Waals surface area contributed by atoms with Gasteiger partial charge in [0, 0.05) is 13.1 Å². The first-order chi connectivity index (χ1) is 13.8. The molecule has 0 aromatic heterocycles. The lowest BCUT2D eigenvalue weighted by molar-refractivity contribution is 0.0449. The van der Waals surface area contributed by atoms with Gasteiger partial charge in [0.1, 0.15) is 23.5 Å². The first-order valence-corrected chi connectivity index (χ1v) is 10.5. The number of carbonyl (C=O) groups is 2. The van der Waals surface area contributed by atoms with E-state index < -0.39 is 47.8 Å². The number of rotatable bonds is 2. The fraction of sp³-hybridized carbons (Fsp3) is 0.900. The van der Waals surface area contributed by atoms with Gasteiger partial charge in [-0.15, -0.1) is 0 Å². The number of halogens is 2. The van der Waals surface area contributed by atoms with Crippen molar-refractivity contribution >= 4 is 12.2 Å². The molecule has 2 aliphatic heterocycles. The van der Waals surface area contributed by atoms with Crippen LogP contribution in [-0.4, -0.2) is 74.0 Å². The fourth-order valence-corrected chi connectivity index (χ4v) is 2.85. The second kappa shape index (κ2) is 11.6. The Bertz CT molecular complexity index is 504. The van der Waals surface area contributed by atoms with Gasteiger partial charge < -0.3 is 30.7 Å². The summed E-state index contributed by atoms with van der Waals surface area (Å²) in [6.45, 7) is 12.9. The topological polar surface area (TPSA) is 101 Å². The second-order valence-corrected chi connectivity index (χ2v) is 9.52. The molecule has 0 radical (unpaired) electrons. The Hall–Kier alpha value is -1.68. The first-order valence-electron chi connectivity index (χ1n) is 10.5. The summed E-state index contributed by atoms with van der Waals surface area (Å²) in [5.41, 5.74) is -1.09. The molecule has 4 atom stereocenters. The van der Waals surface area contributed by atoms with Crippen molar-refractivity contribution in [3.63, 3.8) is 0 Å². The number of alkyl carbamates (subject to hydrolysis) is 2. The average Bonchev–Trinajstić information content (AvgIpc) is 2.56. The molecular weight excluding hydrogens is 398 g/mol. The minimum atomic E-state index is -0.987. The van der Waals surface area contributed by atoms with Crippen LogP contribution in [0.3, 0.4) is 0 Å². The van der Waals surface area contributed by atoms with Crippen molar-refractivity contribution in [2.75, 3.05) is 26.2 Å². The molecule has 2 amide bonds. The van der Waals surface area contributed by atoms with Crippen LogP contribution in [0.25, 0.3) is 0 Å². The molecule has 2 fully saturated rings. The minimum Gasteiger partial charge on any atom is -0.444 e. The largest absolute Gasteiger partial charge is 0.444 e. The third kappa shape index (κ3) is 11.5. The predicted molar refractivity (Wildman–Crippen MR) is 111 cm³/mol. The molecule has 2 rings (SSSR count). The zero-order valence-corrected chi connectivity index (χ0v) is 18.9. The third-order valence-corrected chi connectivity index (χ3v) is 4.20.